The second-order valence-electron chi connectivity index (χ2n) is 6.88. The molecule has 0 spiro atoms. The van der Waals surface area contributed by atoms with E-state index in [-0.39, 0.29) is 44.0 Å². The molecule has 5 aromatic rings. The molecule has 218 valence electrons. The number of carboxylic acids is 2. The van der Waals surface area contributed by atoms with E-state index in [1.807, 2.05) is 61.2 Å². The standard InChI is InChI=1S/2C9H8N2.C8H6O4.6H2O/c2*1-2-4-8(5-3-1)9-10-6-7-11-9;9-7(10)5-1-2-6(4-3-5)8(11)12;;;;;;/h2*1-7H,(H,10,11);1-4H,(H,9,10)(H,11,12);6*1H2. The summed E-state index contributed by atoms with van der Waals surface area (Å²) >= 11 is 0. The number of aromatic nitrogens is 4. The molecule has 2 aromatic heterocycles. The van der Waals surface area contributed by atoms with E-state index in [9.17, 15) is 19.8 Å². The number of imidazole rings is 2. The van der Waals surface area contributed by atoms with Crippen molar-refractivity contribution >= 4 is 11.9 Å². The van der Waals surface area contributed by atoms with Gasteiger partial charge in [0.05, 0.1) is 23.1 Å². The molecule has 0 saturated carbocycles. The van der Waals surface area contributed by atoms with Crippen molar-refractivity contribution in [1.82, 2.24) is 9.97 Å². The average Bonchev–Trinajstić information content (AvgIpc) is 3.61. The number of rotatable bonds is 4. The first-order chi connectivity index (χ1) is 16.5. The predicted octanol–water partition coefficient (Wildman–Crippen LogP) is -3.54. The number of carbonyl (C=O) groups is 2. The molecule has 40 heavy (non-hydrogen) atoms. The van der Waals surface area contributed by atoms with Crippen LogP contribution in [0.4, 0.5) is 0 Å². The van der Waals surface area contributed by atoms with Crippen molar-refractivity contribution < 1.29 is 62.6 Å². The van der Waals surface area contributed by atoms with E-state index >= 15 is 0 Å². The number of nitrogens with one attached hydrogen (secondary N) is 4. The highest BCUT2D eigenvalue weighted by molar-refractivity contribution is 5.89. The molecule has 0 radical (unpaired) electrons. The van der Waals surface area contributed by atoms with Crippen molar-refractivity contribution in [3.8, 4) is 22.8 Å². The van der Waals surface area contributed by atoms with Gasteiger partial charge in [0.2, 0.25) is 0 Å². The fourth-order valence-corrected chi connectivity index (χ4v) is 2.87. The average molecular weight is 563 g/mol. The number of carboxylic acid groups (broad SMARTS) is 2. The summed E-state index contributed by atoms with van der Waals surface area (Å²) in [5.41, 5.74) is 2.25. The van der Waals surface area contributed by atoms with Gasteiger partial charge in [-0.25, -0.2) is 19.9 Å². The van der Waals surface area contributed by atoms with Gasteiger partial charge in [0.25, 0.3) is 11.6 Å². The van der Waals surface area contributed by atoms with Gasteiger partial charge in [-0.05, 0) is 35.4 Å². The second kappa shape index (κ2) is 21.8. The van der Waals surface area contributed by atoms with Crippen molar-refractivity contribution in [3.05, 3.63) is 121 Å². The van der Waals surface area contributed by atoms with Gasteiger partial charge < -0.3 is 52.7 Å². The van der Waals surface area contributed by atoms with Crippen LogP contribution in [0, 0.1) is 0 Å². The number of hydrogen-bond donors (Lipinski definition) is 2. The lowest BCUT2D eigenvalue weighted by atomic mass is 10.1. The summed E-state index contributed by atoms with van der Waals surface area (Å²) in [6.45, 7) is 0. The lowest BCUT2D eigenvalue weighted by molar-refractivity contribution is -0.362. The number of carbonyl (C=O) groups excluding carboxylic acids is 2. The van der Waals surface area contributed by atoms with E-state index in [4.69, 9.17) is 0 Å². The van der Waals surface area contributed by atoms with Crippen molar-refractivity contribution in [2.75, 3.05) is 0 Å². The highest BCUT2D eigenvalue weighted by Gasteiger charge is 2.03. The molecule has 0 amide bonds. The Kier molecular flexibility index (Phi) is 22.9. The van der Waals surface area contributed by atoms with Crippen LogP contribution in [0.3, 0.4) is 0 Å². The molecule has 0 bridgehead atoms. The number of hydrogen-bond acceptors (Lipinski definition) is 4. The van der Waals surface area contributed by atoms with Crippen LogP contribution in [0.2, 0.25) is 0 Å². The molecule has 16 N–H and O–H groups in total. The Balaban J connectivity index is -0.000000226. The highest BCUT2D eigenvalue weighted by Crippen LogP contribution is 2.10. The summed E-state index contributed by atoms with van der Waals surface area (Å²) in [4.78, 5) is 32.8. The van der Waals surface area contributed by atoms with Crippen molar-refractivity contribution in [1.29, 1.82) is 0 Å². The molecule has 14 heteroatoms. The molecule has 14 nitrogen and oxygen atoms in total. The molecule has 0 fully saturated rings. The Hall–Kier alpha value is -5.22. The maximum absolute atomic E-state index is 10.2. The van der Waals surface area contributed by atoms with E-state index in [2.05, 4.69) is 44.2 Å². The Morgan fingerprint density at radius 2 is 0.800 bits per heavy atom. The first-order valence-electron chi connectivity index (χ1n) is 10.3. The normalized spacial score (nSPS) is 8.20. The fourth-order valence-electron chi connectivity index (χ4n) is 2.87. The molecule has 0 aliphatic carbocycles. The molecule has 2 heterocycles. The zero-order valence-corrected chi connectivity index (χ0v) is 21.0. The molecule has 0 unspecified atom stereocenters. The summed E-state index contributed by atoms with van der Waals surface area (Å²) in [5.74, 6) is -0.573. The smallest absolute Gasteiger partial charge is 0.284 e. The van der Waals surface area contributed by atoms with Gasteiger partial charge in [-0.3, -0.25) is 0 Å². The van der Waals surface area contributed by atoms with Gasteiger partial charge in [0.15, 0.2) is 0 Å². The van der Waals surface area contributed by atoms with Crippen molar-refractivity contribution in [2.24, 2.45) is 0 Å². The third-order valence-corrected chi connectivity index (χ3v) is 4.56. The number of H-pyrrole nitrogens is 4. The molecule has 5 rings (SSSR count). The second-order valence-corrected chi connectivity index (χ2v) is 6.88. The summed E-state index contributed by atoms with van der Waals surface area (Å²) in [6.07, 6.45) is 7.51. The molecule has 3 aromatic carbocycles. The van der Waals surface area contributed by atoms with E-state index in [0.717, 1.165) is 35.9 Å². The molecule has 0 aliphatic heterocycles. The molecule has 0 aliphatic rings. The van der Waals surface area contributed by atoms with Crippen LogP contribution in [-0.2, 0) is 0 Å². The lowest BCUT2D eigenvalue weighted by Crippen LogP contribution is -2.24. The molecular weight excluding hydrogens is 528 g/mol. The first-order valence-corrected chi connectivity index (χ1v) is 10.3. The van der Waals surface area contributed by atoms with Gasteiger partial charge in [0.1, 0.15) is 24.8 Å². The zero-order valence-electron chi connectivity index (χ0n) is 21.0. The van der Waals surface area contributed by atoms with Crippen molar-refractivity contribution in [3.63, 3.8) is 0 Å². The Morgan fingerprint density at radius 1 is 0.500 bits per heavy atom. The highest BCUT2D eigenvalue weighted by atomic mass is 16.4. The van der Waals surface area contributed by atoms with Crippen molar-refractivity contribution in [2.45, 2.75) is 0 Å². The van der Waals surface area contributed by atoms with Crippen LogP contribution in [0.5, 0.6) is 0 Å². The van der Waals surface area contributed by atoms with E-state index in [1.165, 1.54) is 11.1 Å². The number of aromatic carboxylic acids is 2. The first kappa shape index (κ1) is 41.9. The fraction of sp³-hybridized carbons (Fsp3) is 0. The number of aromatic amines is 4. The van der Waals surface area contributed by atoms with Gasteiger partial charge in [-0.1, -0.05) is 60.7 Å². The minimum Gasteiger partial charge on any atom is -0.545 e. The van der Waals surface area contributed by atoms with Crippen LogP contribution in [0.15, 0.2) is 110 Å². The Bertz CT molecular complexity index is 1180. The maximum atomic E-state index is 10.2. The zero-order chi connectivity index (χ0) is 24.2. The minimum atomic E-state index is -1.33. The van der Waals surface area contributed by atoms with Gasteiger partial charge >= 0.3 is 0 Å². The largest absolute Gasteiger partial charge is 0.545 e. The third kappa shape index (κ3) is 12.8. The van der Waals surface area contributed by atoms with Crippen LogP contribution >= 0.6 is 0 Å². The third-order valence-electron chi connectivity index (χ3n) is 4.56. The summed E-state index contributed by atoms with van der Waals surface area (Å²) in [7, 11) is 0. The van der Waals surface area contributed by atoms with Gasteiger partial charge in [-0.15, -0.1) is 0 Å². The molecule has 0 atom stereocenters. The molecule has 0 saturated heterocycles. The molecular formula is C26H34N4O10. The summed E-state index contributed by atoms with van der Waals surface area (Å²) < 4.78 is 0. The summed E-state index contributed by atoms with van der Waals surface area (Å²) in [6, 6.07) is 24.9. The SMILES string of the molecule is O.O.O.O.O.O.O=C([O-])c1ccc(C(=O)[O-])cc1.c1ccc(-c2[nH]cc[nH+]2)cc1.c1ccc(-c2[nH]cc[nH+]2)cc1. The monoisotopic (exact) mass is 562 g/mol. The Morgan fingerprint density at radius 3 is 1.02 bits per heavy atom. The van der Waals surface area contributed by atoms with Gasteiger partial charge in [0, 0.05) is 0 Å². The number of benzene rings is 3. The minimum absolute atomic E-state index is 0. The summed E-state index contributed by atoms with van der Waals surface area (Å²) in [5, 5.41) is 20.4. The quantitative estimate of drug-likeness (QED) is 0.224. The predicted molar refractivity (Wildman–Crippen MR) is 142 cm³/mol. The van der Waals surface area contributed by atoms with Crippen LogP contribution in [-0.4, -0.2) is 54.8 Å². The van der Waals surface area contributed by atoms with Gasteiger partial charge in [-0.2, -0.15) is 0 Å². The Labute approximate surface area is 228 Å². The van der Waals surface area contributed by atoms with Crippen LogP contribution < -0.4 is 20.2 Å². The van der Waals surface area contributed by atoms with E-state index < -0.39 is 11.9 Å². The van der Waals surface area contributed by atoms with E-state index in [1.54, 1.807) is 0 Å². The topological polar surface area (TPSA) is 329 Å². The van der Waals surface area contributed by atoms with Crippen LogP contribution in [0.25, 0.3) is 22.8 Å². The maximum Gasteiger partial charge on any atom is 0.284 e. The van der Waals surface area contributed by atoms with Crippen LogP contribution in [0.1, 0.15) is 20.7 Å². The van der Waals surface area contributed by atoms with E-state index in [0.29, 0.717) is 0 Å². The lowest BCUT2D eigenvalue weighted by Gasteiger charge is -2.04.